The van der Waals surface area contributed by atoms with Gasteiger partial charge in [0.15, 0.2) is 11.5 Å². The number of H-pyrrole nitrogens is 1. The van der Waals surface area contributed by atoms with Gasteiger partial charge in [-0.3, -0.25) is 0 Å². The highest BCUT2D eigenvalue weighted by Gasteiger charge is 2.09. The summed E-state index contributed by atoms with van der Waals surface area (Å²) in [5.41, 5.74) is 3.96. The van der Waals surface area contributed by atoms with Gasteiger partial charge in [0.25, 0.3) is 0 Å². The lowest BCUT2D eigenvalue weighted by atomic mass is 10.1. The molecule has 3 aromatic rings. The molecular weight excluding hydrogens is 252 g/mol. The van der Waals surface area contributed by atoms with Crippen molar-refractivity contribution in [1.82, 2.24) is 19.9 Å². The van der Waals surface area contributed by atoms with Gasteiger partial charge in [0.2, 0.25) is 5.95 Å². The Morgan fingerprint density at radius 3 is 2.85 bits per heavy atom. The molecule has 6 heteroatoms. The Bertz CT molecular complexity index is 733. The highest BCUT2D eigenvalue weighted by molar-refractivity contribution is 5.83. The van der Waals surface area contributed by atoms with Gasteiger partial charge in [0.05, 0.1) is 6.33 Å². The van der Waals surface area contributed by atoms with Crippen molar-refractivity contribution < 1.29 is 0 Å². The van der Waals surface area contributed by atoms with Crippen LogP contribution < -0.4 is 10.6 Å². The molecule has 0 aliphatic heterocycles. The van der Waals surface area contributed by atoms with E-state index in [1.807, 2.05) is 12.1 Å². The van der Waals surface area contributed by atoms with Crippen LogP contribution >= 0.6 is 0 Å². The molecule has 0 saturated heterocycles. The lowest BCUT2D eigenvalue weighted by Crippen LogP contribution is -2.06. The van der Waals surface area contributed by atoms with Gasteiger partial charge >= 0.3 is 0 Å². The Balaban J connectivity index is 1.90. The summed E-state index contributed by atoms with van der Waals surface area (Å²) in [5, 5.41) is 6.29. The summed E-state index contributed by atoms with van der Waals surface area (Å²) in [6.45, 7) is 2.81. The SMILES string of the molecule is CNc1nc(NCc2ccccc2C)c2[nH]cnc2n1. The third-order valence-corrected chi connectivity index (χ3v) is 3.22. The van der Waals surface area contributed by atoms with Crippen molar-refractivity contribution in [2.45, 2.75) is 13.5 Å². The summed E-state index contributed by atoms with van der Waals surface area (Å²) in [7, 11) is 1.79. The molecule has 2 aromatic heterocycles. The van der Waals surface area contributed by atoms with Crippen LogP contribution in [0.3, 0.4) is 0 Å². The van der Waals surface area contributed by atoms with Crippen molar-refractivity contribution in [1.29, 1.82) is 0 Å². The summed E-state index contributed by atoms with van der Waals surface area (Å²) in [6, 6.07) is 8.28. The summed E-state index contributed by atoms with van der Waals surface area (Å²) < 4.78 is 0. The van der Waals surface area contributed by atoms with Crippen molar-refractivity contribution >= 4 is 22.9 Å². The third kappa shape index (κ3) is 2.27. The number of fused-ring (bicyclic) bond motifs is 1. The van der Waals surface area contributed by atoms with Crippen molar-refractivity contribution in [3.63, 3.8) is 0 Å². The Morgan fingerprint density at radius 1 is 1.20 bits per heavy atom. The number of rotatable bonds is 4. The van der Waals surface area contributed by atoms with Crippen molar-refractivity contribution in [3.8, 4) is 0 Å². The first-order chi connectivity index (χ1) is 9.78. The fourth-order valence-corrected chi connectivity index (χ4v) is 2.06. The number of aromatic amines is 1. The fourth-order valence-electron chi connectivity index (χ4n) is 2.06. The van der Waals surface area contributed by atoms with Crippen LogP contribution in [0.2, 0.25) is 0 Å². The van der Waals surface area contributed by atoms with Gasteiger partial charge in [-0.15, -0.1) is 0 Å². The number of nitrogens with one attached hydrogen (secondary N) is 3. The van der Waals surface area contributed by atoms with E-state index in [1.165, 1.54) is 11.1 Å². The van der Waals surface area contributed by atoms with E-state index in [-0.39, 0.29) is 0 Å². The first-order valence-electron chi connectivity index (χ1n) is 6.45. The van der Waals surface area contributed by atoms with E-state index in [2.05, 4.69) is 49.6 Å². The van der Waals surface area contributed by atoms with E-state index < -0.39 is 0 Å². The number of imidazole rings is 1. The molecule has 0 aliphatic rings. The summed E-state index contributed by atoms with van der Waals surface area (Å²) in [5.74, 6) is 1.30. The number of hydrogen-bond donors (Lipinski definition) is 3. The second kappa shape index (κ2) is 5.16. The molecule has 102 valence electrons. The number of nitrogens with zero attached hydrogens (tertiary/aromatic N) is 3. The van der Waals surface area contributed by atoms with Crippen molar-refractivity contribution in [2.24, 2.45) is 0 Å². The fraction of sp³-hybridized carbons (Fsp3) is 0.214. The normalized spacial score (nSPS) is 10.7. The van der Waals surface area contributed by atoms with Gasteiger partial charge in [-0.05, 0) is 18.1 Å². The average molecular weight is 268 g/mol. The molecule has 2 heterocycles. The van der Waals surface area contributed by atoms with Gasteiger partial charge in [-0.2, -0.15) is 9.97 Å². The lowest BCUT2D eigenvalue weighted by molar-refractivity contribution is 1.08. The molecule has 0 aliphatic carbocycles. The van der Waals surface area contributed by atoms with E-state index in [4.69, 9.17) is 0 Å². The highest BCUT2D eigenvalue weighted by atomic mass is 15.2. The predicted octanol–water partition coefficient (Wildman–Crippen LogP) is 2.32. The maximum Gasteiger partial charge on any atom is 0.226 e. The van der Waals surface area contributed by atoms with E-state index >= 15 is 0 Å². The minimum atomic E-state index is 0.553. The maximum atomic E-state index is 4.43. The van der Waals surface area contributed by atoms with Crippen LogP contribution in [0, 0.1) is 6.92 Å². The van der Waals surface area contributed by atoms with E-state index in [1.54, 1.807) is 13.4 Å². The van der Waals surface area contributed by atoms with Crippen LogP contribution in [-0.4, -0.2) is 27.0 Å². The first-order valence-corrected chi connectivity index (χ1v) is 6.45. The quantitative estimate of drug-likeness (QED) is 0.676. The lowest BCUT2D eigenvalue weighted by Gasteiger charge is -2.09. The summed E-state index contributed by atoms with van der Waals surface area (Å²) in [4.78, 5) is 16.0. The molecule has 3 rings (SSSR count). The van der Waals surface area contributed by atoms with Gasteiger partial charge in [-0.25, -0.2) is 4.98 Å². The molecule has 6 nitrogen and oxygen atoms in total. The minimum Gasteiger partial charge on any atom is -0.364 e. The van der Waals surface area contributed by atoms with E-state index in [0.29, 0.717) is 18.1 Å². The van der Waals surface area contributed by atoms with Crippen LogP contribution in [0.1, 0.15) is 11.1 Å². The molecule has 20 heavy (non-hydrogen) atoms. The Hall–Kier alpha value is -2.63. The average Bonchev–Trinajstić information content (AvgIpc) is 2.94. The van der Waals surface area contributed by atoms with Gasteiger partial charge in [-0.1, -0.05) is 24.3 Å². The number of aryl methyl sites for hydroxylation is 1. The number of benzene rings is 1. The maximum absolute atomic E-state index is 4.43. The topological polar surface area (TPSA) is 78.5 Å². The van der Waals surface area contributed by atoms with Gasteiger partial charge in [0, 0.05) is 13.6 Å². The van der Waals surface area contributed by atoms with Crippen LogP contribution in [0.5, 0.6) is 0 Å². The highest BCUT2D eigenvalue weighted by Crippen LogP contribution is 2.19. The first kappa shape index (κ1) is 12.4. The van der Waals surface area contributed by atoms with Crippen LogP contribution in [0.25, 0.3) is 11.2 Å². The van der Waals surface area contributed by atoms with Gasteiger partial charge in [0.1, 0.15) is 5.52 Å². The summed E-state index contributed by atoms with van der Waals surface area (Å²) in [6.07, 6.45) is 1.62. The second-order valence-corrected chi connectivity index (χ2v) is 4.53. The van der Waals surface area contributed by atoms with Crippen LogP contribution in [-0.2, 0) is 6.54 Å². The molecule has 0 fully saturated rings. The molecule has 0 radical (unpaired) electrons. The zero-order valence-corrected chi connectivity index (χ0v) is 11.4. The zero-order chi connectivity index (χ0) is 13.9. The largest absolute Gasteiger partial charge is 0.364 e. The van der Waals surface area contributed by atoms with E-state index in [0.717, 1.165) is 11.3 Å². The van der Waals surface area contributed by atoms with Crippen LogP contribution in [0.4, 0.5) is 11.8 Å². The van der Waals surface area contributed by atoms with Crippen molar-refractivity contribution in [2.75, 3.05) is 17.7 Å². The number of hydrogen-bond acceptors (Lipinski definition) is 5. The molecule has 0 saturated carbocycles. The number of anilines is 2. The second-order valence-electron chi connectivity index (χ2n) is 4.53. The van der Waals surface area contributed by atoms with E-state index in [9.17, 15) is 0 Å². The molecule has 0 spiro atoms. The Kier molecular flexibility index (Phi) is 3.20. The molecular formula is C14H16N6. The third-order valence-electron chi connectivity index (χ3n) is 3.22. The minimum absolute atomic E-state index is 0.553. The monoisotopic (exact) mass is 268 g/mol. The molecule has 0 bridgehead atoms. The standard InChI is InChI=1S/C14H16N6/c1-9-5-3-4-6-10(9)7-16-12-11-13(18-8-17-11)20-14(15-2)19-12/h3-6,8H,7H2,1-2H3,(H3,15,16,17,18,19,20). The number of aromatic nitrogens is 4. The Morgan fingerprint density at radius 2 is 2.05 bits per heavy atom. The molecule has 0 atom stereocenters. The molecule has 3 N–H and O–H groups in total. The van der Waals surface area contributed by atoms with Gasteiger partial charge < -0.3 is 15.6 Å². The van der Waals surface area contributed by atoms with Crippen LogP contribution in [0.15, 0.2) is 30.6 Å². The smallest absolute Gasteiger partial charge is 0.226 e. The Labute approximate surface area is 116 Å². The zero-order valence-electron chi connectivity index (χ0n) is 11.4. The summed E-state index contributed by atoms with van der Waals surface area (Å²) >= 11 is 0. The molecule has 0 amide bonds. The molecule has 1 aromatic carbocycles. The van der Waals surface area contributed by atoms with Crippen molar-refractivity contribution in [3.05, 3.63) is 41.7 Å². The molecule has 0 unspecified atom stereocenters. The predicted molar refractivity (Wildman–Crippen MR) is 79.7 cm³/mol.